The van der Waals surface area contributed by atoms with Gasteiger partial charge in [0.25, 0.3) is 0 Å². The lowest BCUT2D eigenvalue weighted by Gasteiger charge is -2.20. The normalized spacial score (nSPS) is 10.8. The summed E-state index contributed by atoms with van der Waals surface area (Å²) in [5.41, 5.74) is 1.90. The molecule has 0 radical (unpaired) electrons. The van der Waals surface area contributed by atoms with Crippen LogP contribution >= 0.6 is 0 Å². The summed E-state index contributed by atoms with van der Waals surface area (Å²) in [7, 11) is 7.47. The topological polar surface area (TPSA) is 65.0 Å². The average molecular weight is 309 g/mol. The van der Waals surface area contributed by atoms with E-state index in [1.165, 1.54) is 0 Å². The Kier molecular flexibility index (Phi) is 7.70. The summed E-state index contributed by atoms with van der Waals surface area (Å²) in [4.78, 5) is 14.6. The third-order valence-electron chi connectivity index (χ3n) is 3.32. The van der Waals surface area contributed by atoms with Crippen molar-refractivity contribution in [1.29, 1.82) is 0 Å². The molecule has 0 atom stereocenters. The van der Waals surface area contributed by atoms with Crippen LogP contribution in [-0.2, 0) is 11.3 Å². The molecule has 1 aromatic carbocycles. The highest BCUT2D eigenvalue weighted by Gasteiger charge is 2.11. The molecule has 1 rings (SSSR count). The van der Waals surface area contributed by atoms with Gasteiger partial charge < -0.3 is 25.0 Å². The van der Waals surface area contributed by atoms with Crippen LogP contribution in [0.1, 0.15) is 12.0 Å². The van der Waals surface area contributed by atoms with Crippen LogP contribution in [0.4, 0.5) is 5.69 Å². The van der Waals surface area contributed by atoms with E-state index in [1.807, 2.05) is 18.2 Å². The number of aliphatic carboxylic acids is 1. The lowest BCUT2D eigenvalue weighted by molar-refractivity contribution is -0.135. The minimum absolute atomic E-state index is 0.0571. The molecule has 6 nitrogen and oxygen atoms in total. The van der Waals surface area contributed by atoms with Crippen molar-refractivity contribution in [3.63, 3.8) is 0 Å². The number of anilines is 1. The Bertz CT molecular complexity index is 478. The molecule has 0 spiro atoms. The summed E-state index contributed by atoms with van der Waals surface area (Å²) in [5, 5.41) is 12.3. The molecule has 0 bridgehead atoms. The predicted octanol–water partition coefficient (Wildman–Crippen LogP) is 1.26. The van der Waals surface area contributed by atoms with Crippen LogP contribution in [0.15, 0.2) is 18.2 Å². The maximum atomic E-state index is 10.8. The summed E-state index contributed by atoms with van der Waals surface area (Å²) >= 11 is 0. The van der Waals surface area contributed by atoms with Crippen molar-refractivity contribution in [3.05, 3.63) is 23.8 Å². The molecular formula is C16H27N3O3. The maximum absolute atomic E-state index is 10.8. The van der Waals surface area contributed by atoms with Crippen LogP contribution in [0.5, 0.6) is 5.75 Å². The number of hydrogen-bond donors (Lipinski definition) is 2. The number of likely N-dealkylation sites (N-methyl/N-ethyl adjacent to an activating group) is 1. The Morgan fingerprint density at radius 3 is 2.64 bits per heavy atom. The summed E-state index contributed by atoms with van der Waals surface area (Å²) < 4.78 is 5.38. The van der Waals surface area contributed by atoms with Gasteiger partial charge in [0.2, 0.25) is 0 Å². The molecule has 0 heterocycles. The van der Waals surface area contributed by atoms with E-state index >= 15 is 0 Å². The minimum Gasteiger partial charge on any atom is -0.495 e. The van der Waals surface area contributed by atoms with Gasteiger partial charge >= 0.3 is 5.97 Å². The average Bonchev–Trinajstić information content (AvgIpc) is 2.45. The zero-order valence-corrected chi connectivity index (χ0v) is 13.9. The van der Waals surface area contributed by atoms with Crippen molar-refractivity contribution < 1.29 is 14.6 Å². The quantitative estimate of drug-likeness (QED) is 0.634. The van der Waals surface area contributed by atoms with Crippen LogP contribution in [0, 0.1) is 0 Å². The van der Waals surface area contributed by atoms with Gasteiger partial charge in [-0.25, -0.2) is 0 Å². The smallest absolute Gasteiger partial charge is 0.323 e. The molecule has 0 aliphatic rings. The second-order valence-corrected chi connectivity index (χ2v) is 5.59. The summed E-state index contributed by atoms with van der Waals surface area (Å²) in [6.07, 6.45) is 1.10. The number of methoxy groups -OCH3 is 1. The van der Waals surface area contributed by atoms with E-state index in [1.54, 1.807) is 19.1 Å². The Morgan fingerprint density at radius 2 is 2.05 bits per heavy atom. The predicted molar refractivity (Wildman–Crippen MR) is 88.8 cm³/mol. The highest BCUT2D eigenvalue weighted by molar-refractivity contribution is 5.75. The molecule has 124 valence electrons. The first-order valence-electron chi connectivity index (χ1n) is 7.39. The molecule has 0 aromatic heterocycles. The van der Waals surface area contributed by atoms with Crippen LogP contribution in [0.25, 0.3) is 0 Å². The molecule has 0 fully saturated rings. The second-order valence-electron chi connectivity index (χ2n) is 5.59. The van der Waals surface area contributed by atoms with Crippen molar-refractivity contribution in [2.45, 2.75) is 13.0 Å². The van der Waals surface area contributed by atoms with Gasteiger partial charge in [-0.05, 0) is 51.3 Å². The standard InChI is InChI=1S/C16H27N3O3/c1-18(2)9-5-8-17-11-13-6-7-14(15(10-13)22-4)19(3)12-16(20)21/h6-7,10,17H,5,8-9,11-12H2,1-4H3,(H,20,21). The Morgan fingerprint density at radius 1 is 1.32 bits per heavy atom. The number of nitrogens with zero attached hydrogens (tertiary/aromatic N) is 2. The third-order valence-corrected chi connectivity index (χ3v) is 3.32. The number of carboxylic acid groups (broad SMARTS) is 1. The first-order valence-corrected chi connectivity index (χ1v) is 7.39. The van der Waals surface area contributed by atoms with Gasteiger partial charge in [-0.15, -0.1) is 0 Å². The van der Waals surface area contributed by atoms with E-state index in [9.17, 15) is 4.79 Å². The molecule has 0 saturated heterocycles. The summed E-state index contributed by atoms with van der Waals surface area (Å²) in [6, 6.07) is 5.85. The number of carboxylic acids is 1. The van der Waals surface area contributed by atoms with Gasteiger partial charge in [-0.3, -0.25) is 4.79 Å². The van der Waals surface area contributed by atoms with Crippen molar-refractivity contribution in [2.24, 2.45) is 0 Å². The lowest BCUT2D eigenvalue weighted by atomic mass is 10.1. The van der Waals surface area contributed by atoms with E-state index in [4.69, 9.17) is 9.84 Å². The maximum Gasteiger partial charge on any atom is 0.323 e. The van der Waals surface area contributed by atoms with Crippen LogP contribution in [-0.4, -0.2) is 63.9 Å². The minimum atomic E-state index is -0.865. The van der Waals surface area contributed by atoms with Gasteiger partial charge in [-0.2, -0.15) is 0 Å². The highest BCUT2D eigenvalue weighted by Crippen LogP contribution is 2.28. The van der Waals surface area contributed by atoms with Crippen molar-refractivity contribution in [1.82, 2.24) is 10.2 Å². The third kappa shape index (κ3) is 6.32. The van der Waals surface area contributed by atoms with Gasteiger partial charge in [0, 0.05) is 13.6 Å². The van der Waals surface area contributed by atoms with Crippen LogP contribution < -0.4 is 15.0 Å². The highest BCUT2D eigenvalue weighted by atomic mass is 16.5. The number of rotatable bonds is 10. The molecule has 6 heteroatoms. The lowest BCUT2D eigenvalue weighted by Crippen LogP contribution is -2.25. The van der Waals surface area contributed by atoms with Crippen LogP contribution in [0.3, 0.4) is 0 Å². The zero-order chi connectivity index (χ0) is 16.5. The Hall–Kier alpha value is -1.79. The molecule has 22 heavy (non-hydrogen) atoms. The fourth-order valence-corrected chi connectivity index (χ4v) is 2.19. The van der Waals surface area contributed by atoms with E-state index in [0.717, 1.165) is 37.3 Å². The van der Waals surface area contributed by atoms with Gasteiger partial charge in [0.1, 0.15) is 12.3 Å². The fraction of sp³-hybridized carbons (Fsp3) is 0.562. The number of nitrogens with one attached hydrogen (secondary N) is 1. The second kappa shape index (κ2) is 9.27. The van der Waals surface area contributed by atoms with Gasteiger partial charge in [0.05, 0.1) is 12.8 Å². The molecule has 1 aromatic rings. The molecule has 0 aliphatic heterocycles. The molecule has 0 aliphatic carbocycles. The van der Waals surface area contributed by atoms with Crippen molar-refractivity contribution in [2.75, 3.05) is 52.8 Å². The molecule has 0 saturated carbocycles. The van der Waals surface area contributed by atoms with E-state index < -0.39 is 5.97 Å². The monoisotopic (exact) mass is 309 g/mol. The molecule has 2 N–H and O–H groups in total. The Balaban J connectivity index is 2.58. The zero-order valence-electron chi connectivity index (χ0n) is 13.9. The summed E-state index contributed by atoms with van der Waals surface area (Å²) in [6.45, 7) is 2.74. The fourth-order valence-electron chi connectivity index (χ4n) is 2.19. The number of ether oxygens (including phenoxy) is 1. The van der Waals surface area contributed by atoms with E-state index in [0.29, 0.717) is 5.75 Å². The number of carbonyl (C=O) groups is 1. The van der Waals surface area contributed by atoms with Gasteiger partial charge in [-0.1, -0.05) is 6.07 Å². The van der Waals surface area contributed by atoms with Gasteiger partial charge in [0.15, 0.2) is 0 Å². The first kappa shape index (κ1) is 18.3. The number of benzene rings is 1. The Labute approximate surface area is 132 Å². The summed E-state index contributed by atoms with van der Waals surface area (Å²) in [5.74, 6) is -0.174. The number of hydrogen-bond acceptors (Lipinski definition) is 5. The van der Waals surface area contributed by atoms with Crippen molar-refractivity contribution in [3.8, 4) is 5.75 Å². The molecule has 0 unspecified atom stereocenters. The SMILES string of the molecule is COc1cc(CNCCCN(C)C)ccc1N(C)CC(=O)O. The molecule has 0 amide bonds. The van der Waals surface area contributed by atoms with E-state index in [2.05, 4.69) is 24.3 Å². The largest absolute Gasteiger partial charge is 0.495 e. The first-order chi connectivity index (χ1) is 10.4. The van der Waals surface area contributed by atoms with Crippen molar-refractivity contribution >= 4 is 11.7 Å². The van der Waals surface area contributed by atoms with E-state index in [-0.39, 0.29) is 6.54 Å². The molecular weight excluding hydrogens is 282 g/mol. The van der Waals surface area contributed by atoms with Crippen LogP contribution in [0.2, 0.25) is 0 Å².